The predicted octanol–water partition coefficient (Wildman–Crippen LogP) is -3.66. The molecule has 31 heteroatoms. The Morgan fingerprint density at radius 2 is 0.816 bits per heavy atom. The summed E-state index contributed by atoms with van der Waals surface area (Å²) in [6, 6.07) is 0. The van der Waals surface area contributed by atoms with E-state index in [1.807, 2.05) is 0 Å². The van der Waals surface area contributed by atoms with Crippen molar-refractivity contribution in [3.8, 4) is 0 Å². The van der Waals surface area contributed by atoms with Gasteiger partial charge < -0.3 is 111 Å². The summed E-state index contributed by atoms with van der Waals surface area (Å²) >= 11 is -5.94. The molecule has 0 radical (unpaired) electrons. The molecule has 29 nitrogen and oxygen atoms in total. The van der Waals surface area contributed by atoms with Gasteiger partial charge in [-0.05, 0) is 130 Å². The maximum atomic E-state index is 14.1. The number of Topliss-reactive ketones (excluding diaryl/α,β-unsaturated/α-hetero) is 2. The smallest absolute Gasteiger partial charge is 0.396 e. The first kappa shape index (κ1) is 87.8. The van der Waals surface area contributed by atoms with E-state index in [4.69, 9.17) is 99.0 Å². The van der Waals surface area contributed by atoms with Crippen LogP contribution in [0.5, 0.6) is 0 Å². The van der Waals surface area contributed by atoms with Crippen LogP contribution >= 0.6 is 0 Å². The fraction of sp³-hybridized carbons (Fsp3) is 0.880. The van der Waals surface area contributed by atoms with Gasteiger partial charge in [-0.25, -0.2) is 0 Å². The van der Waals surface area contributed by atoms with E-state index in [1.165, 1.54) is 0 Å². The first-order chi connectivity index (χ1) is 54.1. The van der Waals surface area contributed by atoms with Crippen LogP contribution in [0.2, 0.25) is 0 Å². The second kappa shape index (κ2) is 36.6. The Labute approximate surface area is 697 Å². The zero-order chi connectivity index (χ0) is 79.3. The zero-order valence-corrected chi connectivity index (χ0v) is 71.0. The summed E-state index contributed by atoms with van der Waals surface area (Å²) in [4.78, 5) is 28.2. The molecule has 24 bridgehead atoms. The molecular formula is C83H122INaO29. The zero-order valence-electron chi connectivity index (χ0n) is 66.8. The molecule has 20 aliphatic rings. The van der Waals surface area contributed by atoms with Gasteiger partial charge >= 0.3 is 29.6 Å². The number of hydrogen-bond donors (Lipinski definition) is 5. The second-order valence-corrected chi connectivity index (χ2v) is 38.5. The Morgan fingerprint density at radius 1 is 0.430 bits per heavy atom. The van der Waals surface area contributed by atoms with Gasteiger partial charge in [-0.15, -0.1) is 0 Å². The molecule has 636 valence electrons. The van der Waals surface area contributed by atoms with Crippen molar-refractivity contribution in [1.29, 1.82) is 0 Å². The van der Waals surface area contributed by atoms with E-state index in [0.717, 1.165) is 99.3 Å². The molecule has 0 amide bonds. The molecule has 39 atom stereocenters. The van der Waals surface area contributed by atoms with Crippen LogP contribution in [0.15, 0.2) is 48.6 Å². The predicted molar refractivity (Wildman–Crippen MR) is 384 cm³/mol. The Morgan fingerprint density at radius 3 is 1.24 bits per heavy atom. The van der Waals surface area contributed by atoms with Gasteiger partial charge in [0, 0.05) is 116 Å². The van der Waals surface area contributed by atoms with Gasteiger partial charge in [0.05, 0.1) is 147 Å². The number of carbonyl (C=O) groups is 2. The first-order valence-corrected chi connectivity index (χ1v) is 45.9. The topological polar surface area (TPSA) is 394 Å². The summed E-state index contributed by atoms with van der Waals surface area (Å²) in [5, 5.41) is 50.5. The summed E-state index contributed by atoms with van der Waals surface area (Å²) in [7, 11) is 3.27. The number of aliphatic hydroxyl groups excluding tert-OH is 5. The van der Waals surface area contributed by atoms with Crippen molar-refractivity contribution in [2.45, 2.75) is 407 Å². The number of ether oxygens (including phenoxy) is 18. The third kappa shape index (κ3) is 19.0. The molecule has 0 aromatic heterocycles. The Kier molecular flexibility index (Phi) is 28.2. The summed E-state index contributed by atoms with van der Waals surface area (Å²) in [5.41, 5.74) is 4.32. The van der Waals surface area contributed by atoms with E-state index in [2.05, 4.69) is 40.2 Å². The molecule has 20 heterocycles. The van der Waals surface area contributed by atoms with Gasteiger partial charge in [-0.3, -0.25) is 23.3 Å². The van der Waals surface area contributed by atoms with Crippen LogP contribution in [0.4, 0.5) is 0 Å². The van der Waals surface area contributed by atoms with Crippen molar-refractivity contribution >= 4 is 11.6 Å². The van der Waals surface area contributed by atoms with Crippen LogP contribution in [0.1, 0.15) is 194 Å². The fourth-order valence-electron chi connectivity index (χ4n) is 23.1. The van der Waals surface area contributed by atoms with Crippen molar-refractivity contribution in [3.63, 3.8) is 0 Å². The standard InChI is InChI=1S/C42H62O13.C41H60O12.IO4.Na/c1-20-11-26-5-7-30-21(2)12-28(48-30)9-10-42-18-35-38(54-42)39-40(53-35)41(55-42)37-31(52-39)8-6-27(50-37)14-24(45)15-29-33(17-32(49-26)22(20)3)51-34(36(29)47-4)16-23(44)13-25(46)19-43;1-20-13-25-5-7-29-21(2)14-27(46-29)9-11-41-19-34-37(52-41)38-39(51-34)40(53-41)36-30(50-38)8-6-26(48-36)15-24(44)16-28-32(18-31(47-25)22(20)3)49-33(35(28)45-4)17-23(43)10-12-42;2-1(3,4)5;/h20,23,25-41,43-44,46H,2-3,5-19H2,1,4H3;20,23,25-40,42-43H,2-3,5-19H2,1,4H3;;/q;;-1;+1/t20-,23+,25?,26+,27?,28+,29+,30?,31+,32?,33+,34?,35+,36-,37+,38+,39+,40-,41+,42+;20-,23+,25+,26?,27+,28+,29?,30+,31?,32+,33?,34+,35-,36+,37+,38+,39-,40+,41+;;/m11../s1. The molecule has 20 aliphatic heterocycles. The average Bonchev–Trinajstić information content (AvgIpc) is 1.55. The van der Waals surface area contributed by atoms with Gasteiger partial charge in [0.1, 0.15) is 92.7 Å². The van der Waals surface area contributed by atoms with E-state index < -0.39 is 87.1 Å². The minimum absolute atomic E-state index is 0. The molecule has 9 unspecified atom stereocenters. The van der Waals surface area contributed by atoms with Crippen LogP contribution in [0, 0.1) is 23.7 Å². The molecule has 0 aromatic rings. The van der Waals surface area contributed by atoms with Crippen molar-refractivity contribution in [1.82, 2.24) is 0 Å². The second-order valence-electron chi connectivity index (χ2n) is 36.3. The molecule has 0 aliphatic carbocycles. The third-order valence-electron chi connectivity index (χ3n) is 28.6. The van der Waals surface area contributed by atoms with E-state index in [1.54, 1.807) is 14.2 Å². The van der Waals surface area contributed by atoms with Crippen molar-refractivity contribution in [2.24, 2.45) is 23.7 Å². The van der Waals surface area contributed by atoms with Crippen LogP contribution in [0.3, 0.4) is 0 Å². The number of ketones is 2. The summed E-state index contributed by atoms with van der Waals surface area (Å²) in [6.45, 7) is 21.7. The minimum atomic E-state index is -5.94. The summed E-state index contributed by atoms with van der Waals surface area (Å²) in [6.07, 6.45) is 7.25. The fourth-order valence-corrected chi connectivity index (χ4v) is 23.1. The maximum Gasteiger partial charge on any atom is 1.00 e. The van der Waals surface area contributed by atoms with Crippen molar-refractivity contribution in [3.05, 3.63) is 48.6 Å². The quantitative estimate of drug-likeness (QED) is 0.0756. The van der Waals surface area contributed by atoms with Gasteiger partial charge in [-0.2, -0.15) is 0 Å². The number of rotatable bonds is 11. The van der Waals surface area contributed by atoms with Crippen molar-refractivity contribution in [2.75, 3.05) is 27.4 Å². The van der Waals surface area contributed by atoms with E-state index in [9.17, 15) is 35.1 Å². The summed E-state index contributed by atoms with van der Waals surface area (Å²) in [5.74, 6) is -1.48. The first-order valence-electron chi connectivity index (χ1n) is 42.4. The van der Waals surface area contributed by atoms with Crippen LogP contribution in [0.25, 0.3) is 0 Å². The maximum absolute atomic E-state index is 14.1. The molecular weight excluding hydrogens is 1610 g/mol. The van der Waals surface area contributed by atoms with Gasteiger partial charge in [0.15, 0.2) is 11.6 Å². The Balaban J connectivity index is 0.000000168. The summed E-state index contributed by atoms with van der Waals surface area (Å²) < 4.78 is 155. The third-order valence-corrected chi connectivity index (χ3v) is 28.6. The van der Waals surface area contributed by atoms with Gasteiger partial charge in [0.25, 0.3) is 0 Å². The number of carbonyl (C=O) groups excluding carboxylic acids is 2. The average molecular weight is 1730 g/mol. The van der Waals surface area contributed by atoms with E-state index in [-0.39, 0.29) is 269 Å². The number of hydrogen-bond acceptors (Lipinski definition) is 29. The molecule has 5 N–H and O–H groups in total. The normalized spacial score (nSPS) is 49.0. The molecule has 0 aromatic carbocycles. The van der Waals surface area contributed by atoms with Gasteiger partial charge in [-0.1, -0.05) is 40.2 Å². The number of methoxy groups -OCH3 is 2. The number of aliphatic hydroxyl groups is 5. The minimum Gasteiger partial charge on any atom is -0.396 e. The Hall–Kier alpha value is -1.05. The van der Waals surface area contributed by atoms with Crippen LogP contribution in [-0.4, -0.2) is 278 Å². The van der Waals surface area contributed by atoms with E-state index in [0.29, 0.717) is 57.8 Å². The van der Waals surface area contributed by atoms with Crippen molar-refractivity contribution < 1.29 is 184 Å². The molecule has 2 spiro atoms. The largest absolute Gasteiger partial charge is 1.00 e. The monoisotopic (exact) mass is 1730 g/mol. The number of halogens is 1. The van der Waals surface area contributed by atoms with Gasteiger partial charge in [0.2, 0.25) is 0 Å². The molecule has 0 saturated carbocycles. The number of fused-ring (bicyclic) bond motifs is 12. The Bertz CT molecular complexity index is 3360. The molecule has 20 rings (SSSR count). The molecule has 20 saturated heterocycles. The van der Waals surface area contributed by atoms with E-state index >= 15 is 0 Å². The SMILES string of the molecule is C=C1C[C@@H]2CC[C@@]34C[C@@H]5O[C@@H]6[C@@H](O[C@H]7CCC(CC(=O)C[C@H]8[C@H](CC9O[C@@H](CCC1O2)C[C@@H](C)C9=C)OC(C[C@@H](O)CC(O)CO)[C@@H]8OC)O[C@@H]7[C@@H]6O3)[C@H]5O4.C=C1C[C@@H]2CC[C@@]34C[C@@H]5O[C@@H]6[C@@H](O[C@H]7CCC(CC(=O)C[C@H]8[C@H](CC9O[C@@H](CCC1O2)C[C@@H](C)C9=C)OC(C[C@@H](O)CCO)[C@@H]8OC)O[C@@H]7[C@@H]6O3)[C@H]5O4.[Na+].[O-][I+3]([O-])([O-])[O-]. The molecule has 114 heavy (non-hydrogen) atoms. The van der Waals surface area contributed by atoms with Crippen LogP contribution in [-0.2, 0) is 94.9 Å². The molecule has 20 fully saturated rings. The van der Waals surface area contributed by atoms with Crippen LogP contribution < -0.4 is 63.4 Å².